The molecule has 3 aromatic rings. The summed E-state index contributed by atoms with van der Waals surface area (Å²) in [5.74, 6) is 1.57. The lowest BCUT2D eigenvalue weighted by Crippen LogP contribution is -2.31. The fraction of sp³-hybridized carbons (Fsp3) is 0.429. The molecule has 1 saturated heterocycles. The molecule has 3 heterocycles. The predicted molar refractivity (Wildman–Crippen MR) is 113 cm³/mol. The van der Waals surface area contributed by atoms with Crippen molar-refractivity contribution in [2.45, 2.75) is 25.7 Å². The summed E-state index contributed by atoms with van der Waals surface area (Å²) in [5.41, 5.74) is 1.28. The van der Waals surface area contributed by atoms with E-state index in [0.29, 0.717) is 29.3 Å². The van der Waals surface area contributed by atoms with Crippen molar-refractivity contribution in [3.05, 3.63) is 51.1 Å². The SMILES string of the molecule is Cn1ncc2c(=O)n(-c3ccc(Br)cc3)c(CC3CCN(C(=O)C4CC4)C3)nc21. The topological polar surface area (TPSA) is 73.0 Å². The first kappa shape index (κ1) is 18.5. The molecular formula is C21H22BrN5O2. The minimum Gasteiger partial charge on any atom is -0.342 e. The van der Waals surface area contributed by atoms with Crippen molar-refractivity contribution in [1.29, 1.82) is 0 Å². The molecule has 29 heavy (non-hydrogen) atoms. The summed E-state index contributed by atoms with van der Waals surface area (Å²) >= 11 is 3.45. The van der Waals surface area contributed by atoms with Crippen LogP contribution in [-0.2, 0) is 18.3 Å². The van der Waals surface area contributed by atoms with Crippen LogP contribution in [0.2, 0.25) is 0 Å². The van der Waals surface area contributed by atoms with Crippen molar-refractivity contribution in [2.75, 3.05) is 13.1 Å². The number of rotatable bonds is 4. The van der Waals surface area contributed by atoms with Gasteiger partial charge in [-0.3, -0.25) is 18.8 Å². The molecule has 1 aliphatic heterocycles. The van der Waals surface area contributed by atoms with Crippen LogP contribution in [0.4, 0.5) is 0 Å². The number of nitrogens with zero attached hydrogens (tertiary/aromatic N) is 5. The second kappa shape index (κ2) is 7.09. The minimum absolute atomic E-state index is 0.107. The van der Waals surface area contributed by atoms with Crippen molar-refractivity contribution < 1.29 is 4.79 Å². The number of hydrogen-bond acceptors (Lipinski definition) is 4. The number of hydrogen-bond donors (Lipinski definition) is 0. The zero-order valence-electron chi connectivity index (χ0n) is 16.2. The average Bonchev–Trinajstić information content (AvgIpc) is 3.35. The quantitative estimate of drug-likeness (QED) is 0.605. The Balaban J connectivity index is 1.52. The zero-order valence-corrected chi connectivity index (χ0v) is 17.8. The van der Waals surface area contributed by atoms with Crippen molar-refractivity contribution in [3.63, 3.8) is 0 Å². The van der Waals surface area contributed by atoms with E-state index in [2.05, 4.69) is 21.0 Å². The highest BCUT2D eigenvalue weighted by atomic mass is 79.9. The number of carbonyl (C=O) groups is 1. The number of halogens is 1. The third kappa shape index (κ3) is 3.39. The van der Waals surface area contributed by atoms with Crippen molar-refractivity contribution >= 4 is 32.9 Å². The summed E-state index contributed by atoms with van der Waals surface area (Å²) in [5, 5.41) is 4.73. The van der Waals surface area contributed by atoms with E-state index in [1.54, 1.807) is 22.5 Å². The summed E-state index contributed by atoms with van der Waals surface area (Å²) < 4.78 is 4.29. The van der Waals surface area contributed by atoms with Gasteiger partial charge in [0.05, 0.1) is 11.9 Å². The Labute approximate surface area is 176 Å². The van der Waals surface area contributed by atoms with Gasteiger partial charge in [-0.2, -0.15) is 5.10 Å². The molecule has 8 heteroatoms. The average molecular weight is 456 g/mol. The largest absolute Gasteiger partial charge is 0.342 e. The maximum Gasteiger partial charge on any atom is 0.269 e. The van der Waals surface area contributed by atoms with Gasteiger partial charge in [0.1, 0.15) is 11.2 Å². The van der Waals surface area contributed by atoms with Gasteiger partial charge in [0.15, 0.2) is 5.65 Å². The summed E-state index contributed by atoms with van der Waals surface area (Å²) in [6.07, 6.45) is 5.23. The number of fused-ring (bicyclic) bond motifs is 1. The summed E-state index contributed by atoms with van der Waals surface area (Å²) in [6.45, 7) is 1.55. The molecule has 1 unspecified atom stereocenters. The standard InChI is InChI=1S/C21H22BrN5O2/c1-25-19-17(11-23-25)21(29)27(16-6-4-15(22)5-7-16)18(24-19)10-13-8-9-26(12-13)20(28)14-2-3-14/h4-7,11,13-14H,2-3,8-10,12H2,1H3. The Bertz CT molecular complexity index is 1150. The first-order valence-electron chi connectivity index (χ1n) is 9.99. The number of benzene rings is 1. The van der Waals surface area contributed by atoms with Crippen molar-refractivity contribution in [3.8, 4) is 5.69 Å². The van der Waals surface area contributed by atoms with Gasteiger partial charge in [0, 0.05) is 36.9 Å². The smallest absolute Gasteiger partial charge is 0.269 e. The number of likely N-dealkylation sites (tertiary alicyclic amines) is 1. The monoisotopic (exact) mass is 455 g/mol. The Hall–Kier alpha value is -2.48. The lowest BCUT2D eigenvalue weighted by Gasteiger charge is -2.18. The molecule has 0 radical (unpaired) electrons. The second-order valence-corrected chi connectivity index (χ2v) is 8.98. The molecule has 2 fully saturated rings. The first-order valence-corrected chi connectivity index (χ1v) is 10.8. The zero-order chi connectivity index (χ0) is 20.1. The molecule has 0 bridgehead atoms. The van der Waals surface area contributed by atoms with Gasteiger partial charge in [-0.1, -0.05) is 15.9 Å². The summed E-state index contributed by atoms with van der Waals surface area (Å²) in [7, 11) is 1.80. The molecule has 1 aliphatic carbocycles. The van der Waals surface area contributed by atoms with Gasteiger partial charge in [-0.25, -0.2) is 4.98 Å². The molecule has 7 nitrogen and oxygen atoms in total. The molecule has 1 atom stereocenters. The predicted octanol–water partition coefficient (Wildman–Crippen LogP) is 2.68. The molecule has 1 amide bonds. The summed E-state index contributed by atoms with van der Waals surface area (Å²) in [4.78, 5) is 32.5. The molecule has 1 saturated carbocycles. The van der Waals surface area contributed by atoms with Crippen LogP contribution < -0.4 is 5.56 Å². The van der Waals surface area contributed by atoms with E-state index in [1.807, 2.05) is 29.2 Å². The Morgan fingerprint density at radius 2 is 1.97 bits per heavy atom. The highest BCUT2D eigenvalue weighted by Crippen LogP contribution is 2.33. The third-order valence-corrected chi connectivity index (χ3v) is 6.44. The Morgan fingerprint density at radius 3 is 2.69 bits per heavy atom. The van der Waals surface area contributed by atoms with Crippen LogP contribution >= 0.6 is 15.9 Å². The van der Waals surface area contributed by atoms with Crippen LogP contribution in [0, 0.1) is 11.8 Å². The van der Waals surface area contributed by atoms with Crippen LogP contribution in [-0.4, -0.2) is 43.2 Å². The fourth-order valence-corrected chi connectivity index (χ4v) is 4.43. The normalized spacial score (nSPS) is 19.2. The first-order chi connectivity index (χ1) is 14.0. The molecule has 5 rings (SSSR count). The highest BCUT2D eigenvalue weighted by Gasteiger charge is 2.37. The number of aromatic nitrogens is 4. The maximum atomic E-state index is 13.3. The van der Waals surface area contributed by atoms with E-state index >= 15 is 0 Å². The van der Waals surface area contributed by atoms with Crippen molar-refractivity contribution in [1.82, 2.24) is 24.2 Å². The number of amides is 1. The van der Waals surface area contributed by atoms with Gasteiger partial charge in [-0.15, -0.1) is 0 Å². The Morgan fingerprint density at radius 1 is 1.21 bits per heavy atom. The van der Waals surface area contributed by atoms with Crippen LogP contribution in [0.1, 0.15) is 25.1 Å². The van der Waals surface area contributed by atoms with Crippen LogP contribution in [0.25, 0.3) is 16.7 Å². The highest BCUT2D eigenvalue weighted by molar-refractivity contribution is 9.10. The van der Waals surface area contributed by atoms with Crippen LogP contribution in [0.15, 0.2) is 39.7 Å². The van der Waals surface area contributed by atoms with Gasteiger partial charge >= 0.3 is 0 Å². The van der Waals surface area contributed by atoms with Gasteiger partial charge in [0.2, 0.25) is 5.91 Å². The molecule has 150 valence electrons. The van der Waals surface area contributed by atoms with E-state index in [0.717, 1.165) is 48.3 Å². The van der Waals surface area contributed by atoms with Crippen molar-refractivity contribution in [2.24, 2.45) is 18.9 Å². The maximum absolute atomic E-state index is 13.3. The van der Waals surface area contributed by atoms with Crippen LogP contribution in [0.3, 0.4) is 0 Å². The second-order valence-electron chi connectivity index (χ2n) is 8.07. The molecule has 2 aromatic heterocycles. The van der Waals surface area contributed by atoms with Crippen LogP contribution in [0.5, 0.6) is 0 Å². The lowest BCUT2D eigenvalue weighted by molar-refractivity contribution is -0.131. The Kier molecular flexibility index (Phi) is 4.53. The molecular weight excluding hydrogens is 434 g/mol. The third-order valence-electron chi connectivity index (χ3n) is 5.91. The molecule has 0 spiro atoms. The minimum atomic E-state index is -0.107. The van der Waals surface area contributed by atoms with E-state index in [-0.39, 0.29) is 11.5 Å². The number of carbonyl (C=O) groups excluding carboxylic acids is 1. The van der Waals surface area contributed by atoms with E-state index in [9.17, 15) is 9.59 Å². The van der Waals surface area contributed by atoms with Gasteiger partial charge in [-0.05, 0) is 49.4 Å². The number of aryl methyl sites for hydroxylation is 1. The molecule has 1 aromatic carbocycles. The van der Waals surface area contributed by atoms with Gasteiger partial charge < -0.3 is 4.90 Å². The summed E-state index contributed by atoms with van der Waals surface area (Å²) in [6, 6.07) is 7.67. The van der Waals surface area contributed by atoms with E-state index in [4.69, 9.17) is 4.98 Å². The molecule has 0 N–H and O–H groups in total. The van der Waals surface area contributed by atoms with E-state index in [1.165, 1.54) is 0 Å². The fourth-order valence-electron chi connectivity index (χ4n) is 4.16. The van der Waals surface area contributed by atoms with E-state index < -0.39 is 0 Å². The molecule has 2 aliphatic rings. The lowest BCUT2D eigenvalue weighted by atomic mass is 10.0. The van der Waals surface area contributed by atoms with Gasteiger partial charge in [0.25, 0.3) is 5.56 Å².